The van der Waals surface area contributed by atoms with Crippen LogP contribution in [-0.2, 0) is 0 Å². The standard InChI is InChI=1S/C14H18O3/c15-9-10-5-7-11(8-6-10)12-3-1-2-4-13(12)14(16)17/h1-4,10-11,15H,5-9H2,(H,16,17). The smallest absolute Gasteiger partial charge is 0.335 e. The van der Waals surface area contributed by atoms with Crippen molar-refractivity contribution in [3.8, 4) is 0 Å². The van der Waals surface area contributed by atoms with Crippen molar-refractivity contribution >= 4 is 5.97 Å². The fraction of sp³-hybridized carbons (Fsp3) is 0.500. The highest BCUT2D eigenvalue weighted by Gasteiger charge is 2.24. The second kappa shape index (κ2) is 5.32. The molecule has 0 amide bonds. The number of aliphatic hydroxyl groups excluding tert-OH is 1. The Morgan fingerprint density at radius 2 is 1.82 bits per heavy atom. The molecule has 0 atom stereocenters. The van der Waals surface area contributed by atoms with Crippen LogP contribution < -0.4 is 0 Å². The topological polar surface area (TPSA) is 57.5 Å². The van der Waals surface area contributed by atoms with E-state index in [1.54, 1.807) is 12.1 Å². The Morgan fingerprint density at radius 1 is 1.18 bits per heavy atom. The molecule has 3 heteroatoms. The van der Waals surface area contributed by atoms with Crippen LogP contribution in [0.5, 0.6) is 0 Å². The molecule has 17 heavy (non-hydrogen) atoms. The zero-order chi connectivity index (χ0) is 12.3. The average molecular weight is 234 g/mol. The van der Waals surface area contributed by atoms with Crippen molar-refractivity contribution in [3.05, 3.63) is 35.4 Å². The summed E-state index contributed by atoms with van der Waals surface area (Å²) >= 11 is 0. The Morgan fingerprint density at radius 3 is 2.41 bits per heavy atom. The van der Waals surface area contributed by atoms with E-state index in [1.165, 1.54) is 0 Å². The maximum Gasteiger partial charge on any atom is 0.335 e. The van der Waals surface area contributed by atoms with Crippen molar-refractivity contribution in [1.29, 1.82) is 0 Å². The Hall–Kier alpha value is -1.35. The van der Waals surface area contributed by atoms with Crippen molar-refractivity contribution in [2.24, 2.45) is 5.92 Å². The van der Waals surface area contributed by atoms with Crippen LogP contribution >= 0.6 is 0 Å². The normalized spacial score (nSPS) is 24.5. The largest absolute Gasteiger partial charge is 0.478 e. The lowest BCUT2D eigenvalue weighted by Crippen LogP contribution is -2.17. The Balaban J connectivity index is 2.15. The highest BCUT2D eigenvalue weighted by atomic mass is 16.4. The minimum atomic E-state index is -0.843. The molecular formula is C14H18O3. The van der Waals surface area contributed by atoms with Gasteiger partial charge in [-0.15, -0.1) is 0 Å². The van der Waals surface area contributed by atoms with Gasteiger partial charge in [-0.3, -0.25) is 0 Å². The molecule has 2 rings (SSSR count). The van der Waals surface area contributed by atoms with Crippen molar-refractivity contribution in [2.75, 3.05) is 6.61 Å². The zero-order valence-electron chi connectivity index (χ0n) is 9.80. The molecule has 92 valence electrons. The molecule has 1 aromatic rings. The van der Waals surface area contributed by atoms with Crippen molar-refractivity contribution in [2.45, 2.75) is 31.6 Å². The Bertz CT molecular complexity index is 392. The molecule has 1 aliphatic rings. The van der Waals surface area contributed by atoms with Gasteiger partial charge in [-0.2, -0.15) is 0 Å². The molecule has 1 aromatic carbocycles. The Labute approximate surface area is 101 Å². The fourth-order valence-electron chi connectivity index (χ4n) is 2.70. The summed E-state index contributed by atoms with van der Waals surface area (Å²) in [6.07, 6.45) is 3.95. The van der Waals surface area contributed by atoms with E-state index < -0.39 is 5.97 Å². The second-order valence-electron chi connectivity index (χ2n) is 4.79. The lowest BCUT2D eigenvalue weighted by Gasteiger charge is -2.28. The molecule has 1 aliphatic carbocycles. The summed E-state index contributed by atoms with van der Waals surface area (Å²) in [6, 6.07) is 7.27. The number of benzene rings is 1. The van der Waals surface area contributed by atoms with Gasteiger partial charge in [0, 0.05) is 6.61 Å². The first-order chi connectivity index (χ1) is 8.22. The van der Waals surface area contributed by atoms with Gasteiger partial charge in [-0.25, -0.2) is 4.79 Å². The van der Waals surface area contributed by atoms with Crippen LogP contribution in [0.15, 0.2) is 24.3 Å². The molecule has 0 aliphatic heterocycles. The van der Waals surface area contributed by atoms with Crippen LogP contribution in [0, 0.1) is 5.92 Å². The molecule has 0 unspecified atom stereocenters. The van der Waals surface area contributed by atoms with Gasteiger partial charge in [-0.05, 0) is 49.1 Å². The van der Waals surface area contributed by atoms with E-state index in [1.807, 2.05) is 12.1 Å². The molecule has 0 bridgehead atoms. The van der Waals surface area contributed by atoms with Gasteiger partial charge in [-0.1, -0.05) is 18.2 Å². The predicted molar refractivity (Wildman–Crippen MR) is 65.2 cm³/mol. The number of carbonyl (C=O) groups is 1. The van der Waals surface area contributed by atoms with E-state index in [9.17, 15) is 4.79 Å². The second-order valence-corrected chi connectivity index (χ2v) is 4.79. The van der Waals surface area contributed by atoms with E-state index in [0.29, 0.717) is 17.4 Å². The maximum absolute atomic E-state index is 11.1. The van der Waals surface area contributed by atoms with Crippen LogP contribution in [-0.4, -0.2) is 22.8 Å². The third-order valence-electron chi connectivity index (χ3n) is 3.74. The molecule has 2 N–H and O–H groups in total. The van der Waals surface area contributed by atoms with Gasteiger partial charge in [0.15, 0.2) is 0 Å². The molecule has 1 fully saturated rings. The van der Waals surface area contributed by atoms with Gasteiger partial charge in [0.05, 0.1) is 5.56 Å². The average Bonchev–Trinajstić information content (AvgIpc) is 2.39. The number of hydrogen-bond acceptors (Lipinski definition) is 2. The molecular weight excluding hydrogens is 216 g/mol. The fourth-order valence-corrected chi connectivity index (χ4v) is 2.70. The minimum absolute atomic E-state index is 0.257. The summed E-state index contributed by atoms with van der Waals surface area (Å²) in [5.74, 6) is -0.0989. The molecule has 1 saturated carbocycles. The summed E-state index contributed by atoms with van der Waals surface area (Å²) in [4.78, 5) is 11.1. The van der Waals surface area contributed by atoms with Gasteiger partial charge < -0.3 is 10.2 Å². The van der Waals surface area contributed by atoms with Crippen LogP contribution in [0.25, 0.3) is 0 Å². The van der Waals surface area contributed by atoms with Crippen LogP contribution in [0.2, 0.25) is 0 Å². The van der Waals surface area contributed by atoms with Gasteiger partial charge in [0.25, 0.3) is 0 Å². The third-order valence-corrected chi connectivity index (χ3v) is 3.74. The lowest BCUT2D eigenvalue weighted by molar-refractivity contribution is 0.0694. The molecule has 0 radical (unpaired) electrons. The van der Waals surface area contributed by atoms with Crippen LogP contribution in [0.4, 0.5) is 0 Å². The van der Waals surface area contributed by atoms with Gasteiger partial charge in [0.2, 0.25) is 0 Å². The number of aliphatic hydroxyl groups is 1. The first-order valence-electron chi connectivity index (χ1n) is 6.15. The van der Waals surface area contributed by atoms with Crippen LogP contribution in [0.1, 0.15) is 47.5 Å². The van der Waals surface area contributed by atoms with E-state index in [0.717, 1.165) is 31.2 Å². The summed E-state index contributed by atoms with van der Waals surface area (Å²) in [5, 5.41) is 18.3. The number of carboxylic acid groups (broad SMARTS) is 1. The van der Waals surface area contributed by atoms with Crippen molar-refractivity contribution in [3.63, 3.8) is 0 Å². The third kappa shape index (κ3) is 2.67. The first-order valence-corrected chi connectivity index (χ1v) is 6.15. The molecule has 0 aromatic heterocycles. The van der Waals surface area contributed by atoms with E-state index in [4.69, 9.17) is 10.2 Å². The summed E-state index contributed by atoms with van der Waals surface area (Å²) in [6.45, 7) is 0.257. The van der Waals surface area contributed by atoms with E-state index >= 15 is 0 Å². The lowest BCUT2D eigenvalue weighted by atomic mass is 9.78. The summed E-state index contributed by atoms with van der Waals surface area (Å²) in [7, 11) is 0. The Kier molecular flexibility index (Phi) is 3.79. The zero-order valence-corrected chi connectivity index (χ0v) is 9.80. The monoisotopic (exact) mass is 234 g/mol. The van der Waals surface area contributed by atoms with Gasteiger partial charge >= 0.3 is 5.97 Å². The molecule has 0 heterocycles. The quantitative estimate of drug-likeness (QED) is 0.845. The number of hydrogen-bond donors (Lipinski definition) is 2. The maximum atomic E-state index is 11.1. The van der Waals surface area contributed by atoms with Gasteiger partial charge in [0.1, 0.15) is 0 Å². The summed E-state index contributed by atoms with van der Waals surface area (Å²) in [5.41, 5.74) is 1.39. The highest BCUT2D eigenvalue weighted by molar-refractivity contribution is 5.89. The number of aromatic carboxylic acids is 1. The predicted octanol–water partition coefficient (Wildman–Crippen LogP) is 2.65. The first kappa shape index (κ1) is 12.1. The number of rotatable bonds is 3. The SMILES string of the molecule is O=C(O)c1ccccc1C1CCC(CO)CC1. The van der Waals surface area contributed by atoms with Crippen LogP contribution in [0.3, 0.4) is 0 Å². The van der Waals surface area contributed by atoms with Crippen molar-refractivity contribution in [1.82, 2.24) is 0 Å². The summed E-state index contributed by atoms with van der Waals surface area (Å²) < 4.78 is 0. The van der Waals surface area contributed by atoms with Crippen molar-refractivity contribution < 1.29 is 15.0 Å². The molecule has 3 nitrogen and oxygen atoms in total. The number of carboxylic acids is 1. The highest BCUT2D eigenvalue weighted by Crippen LogP contribution is 2.36. The molecule has 0 spiro atoms. The van der Waals surface area contributed by atoms with E-state index in [2.05, 4.69) is 0 Å². The van der Waals surface area contributed by atoms with E-state index in [-0.39, 0.29) is 6.61 Å². The molecule has 0 saturated heterocycles. The minimum Gasteiger partial charge on any atom is -0.478 e.